The second kappa shape index (κ2) is 2.23. The number of carbonyl (C=O) groups is 1. The molecule has 2 heteroatoms. The van der Waals surface area contributed by atoms with E-state index in [0.717, 1.165) is 44.4 Å². The molecule has 2 bridgehead atoms. The Kier molecular flexibility index (Phi) is 1.44. The van der Waals surface area contributed by atoms with Gasteiger partial charge in [-0.1, -0.05) is 0 Å². The van der Waals surface area contributed by atoms with Crippen LogP contribution in [-0.2, 0) is 4.79 Å². The van der Waals surface area contributed by atoms with Crippen LogP contribution in [0.5, 0.6) is 0 Å². The summed E-state index contributed by atoms with van der Waals surface area (Å²) in [5.41, 5.74) is -0.297. The Morgan fingerprint density at radius 2 is 1.64 bits per heavy atom. The van der Waals surface area contributed by atoms with Crippen LogP contribution in [0.3, 0.4) is 0 Å². The van der Waals surface area contributed by atoms with Crippen LogP contribution in [0, 0.1) is 11.3 Å². The van der Waals surface area contributed by atoms with Gasteiger partial charge in [-0.25, -0.2) is 0 Å². The van der Waals surface area contributed by atoms with Gasteiger partial charge in [0.25, 0.3) is 0 Å². The molecule has 0 radical (unpaired) electrons. The van der Waals surface area contributed by atoms with Gasteiger partial charge in [0.1, 0.15) is 0 Å². The van der Waals surface area contributed by atoms with E-state index in [1.165, 1.54) is 0 Å². The van der Waals surface area contributed by atoms with Crippen molar-refractivity contribution in [1.29, 1.82) is 0 Å². The molecule has 11 heavy (non-hydrogen) atoms. The van der Waals surface area contributed by atoms with Gasteiger partial charge in [0.05, 0.1) is 5.41 Å². The SMILES string of the molecule is O=[13C](O)C12CCC(CC1)CC2. The molecule has 0 aromatic heterocycles. The van der Waals surface area contributed by atoms with Crippen LogP contribution in [0.4, 0.5) is 0 Å². The summed E-state index contributed by atoms with van der Waals surface area (Å²) in [6.45, 7) is 0. The lowest BCUT2D eigenvalue weighted by Crippen LogP contribution is -2.40. The highest BCUT2D eigenvalue weighted by Gasteiger charge is 2.45. The van der Waals surface area contributed by atoms with Crippen LogP contribution >= 0.6 is 0 Å². The lowest BCUT2D eigenvalue weighted by molar-refractivity contribution is -0.155. The molecular formula is C9H14O2. The van der Waals surface area contributed by atoms with E-state index in [4.69, 9.17) is 5.11 Å². The normalized spacial score (nSPS) is 42.4. The maximum absolute atomic E-state index is 10.9. The number of carboxylic acids is 1. The van der Waals surface area contributed by atoms with E-state index < -0.39 is 5.97 Å². The standard InChI is InChI=1S/C9H14O2/c10-8(11)9-4-1-7(2-5-9)3-6-9/h7H,1-6H2,(H,10,11)/i8+1. The predicted molar refractivity (Wildman–Crippen MR) is 41.3 cm³/mol. The van der Waals surface area contributed by atoms with E-state index in [9.17, 15) is 4.79 Å². The minimum Gasteiger partial charge on any atom is -0.481 e. The van der Waals surface area contributed by atoms with Gasteiger partial charge in [-0.3, -0.25) is 4.79 Å². The van der Waals surface area contributed by atoms with Crippen LogP contribution in [-0.4, -0.2) is 11.1 Å². The molecular weight excluding hydrogens is 141 g/mol. The molecule has 3 saturated carbocycles. The Labute approximate surface area is 66.6 Å². The molecule has 3 rings (SSSR count). The first-order chi connectivity index (χ1) is 5.23. The molecule has 3 aliphatic rings. The summed E-state index contributed by atoms with van der Waals surface area (Å²) in [5, 5.41) is 9.01. The molecule has 3 fully saturated rings. The Morgan fingerprint density at radius 1 is 1.18 bits per heavy atom. The van der Waals surface area contributed by atoms with Crippen molar-refractivity contribution in [3.05, 3.63) is 0 Å². The van der Waals surface area contributed by atoms with E-state index in [-0.39, 0.29) is 5.41 Å². The average molecular weight is 155 g/mol. The Morgan fingerprint density at radius 3 is 1.91 bits per heavy atom. The third kappa shape index (κ3) is 0.959. The van der Waals surface area contributed by atoms with Gasteiger partial charge in [-0.15, -0.1) is 0 Å². The largest absolute Gasteiger partial charge is 0.481 e. The fraction of sp³-hybridized carbons (Fsp3) is 0.889. The fourth-order valence-electron chi connectivity index (χ4n) is 2.57. The smallest absolute Gasteiger partial charge is 0.309 e. The van der Waals surface area contributed by atoms with Gasteiger partial charge in [0.15, 0.2) is 0 Å². The molecule has 3 aliphatic carbocycles. The minimum atomic E-state index is -0.546. The van der Waals surface area contributed by atoms with Crippen molar-refractivity contribution in [2.45, 2.75) is 38.5 Å². The molecule has 0 heterocycles. The van der Waals surface area contributed by atoms with Gasteiger partial charge in [-0.2, -0.15) is 0 Å². The zero-order valence-corrected chi connectivity index (χ0v) is 6.68. The molecule has 0 aliphatic heterocycles. The first-order valence-electron chi connectivity index (χ1n) is 4.46. The highest BCUT2D eigenvalue weighted by molar-refractivity contribution is 5.75. The Hall–Kier alpha value is -0.530. The van der Waals surface area contributed by atoms with Crippen molar-refractivity contribution in [2.75, 3.05) is 0 Å². The number of hydrogen-bond acceptors (Lipinski definition) is 1. The lowest BCUT2D eigenvalue weighted by Gasteiger charge is -2.43. The number of rotatable bonds is 1. The molecule has 0 saturated heterocycles. The number of hydrogen-bond donors (Lipinski definition) is 1. The van der Waals surface area contributed by atoms with E-state index in [1.54, 1.807) is 0 Å². The van der Waals surface area contributed by atoms with Gasteiger partial charge in [0.2, 0.25) is 0 Å². The van der Waals surface area contributed by atoms with Crippen LogP contribution < -0.4 is 0 Å². The van der Waals surface area contributed by atoms with Crippen molar-refractivity contribution in [2.24, 2.45) is 11.3 Å². The molecule has 0 atom stereocenters. The van der Waals surface area contributed by atoms with Crippen LogP contribution in [0.1, 0.15) is 38.5 Å². The molecule has 2 nitrogen and oxygen atoms in total. The second-order valence-corrected chi connectivity index (χ2v) is 4.07. The van der Waals surface area contributed by atoms with Crippen molar-refractivity contribution < 1.29 is 9.90 Å². The summed E-state index contributed by atoms with van der Waals surface area (Å²) in [5.74, 6) is 0.312. The summed E-state index contributed by atoms with van der Waals surface area (Å²) in [6, 6.07) is 0. The van der Waals surface area contributed by atoms with Crippen LogP contribution in [0.2, 0.25) is 0 Å². The van der Waals surface area contributed by atoms with E-state index in [1.807, 2.05) is 0 Å². The third-order valence-corrected chi connectivity index (χ3v) is 3.55. The molecule has 62 valence electrons. The zero-order chi connectivity index (χ0) is 7.90. The monoisotopic (exact) mass is 155 g/mol. The summed E-state index contributed by atoms with van der Waals surface area (Å²) >= 11 is 0. The van der Waals surface area contributed by atoms with Crippen molar-refractivity contribution in [3.63, 3.8) is 0 Å². The van der Waals surface area contributed by atoms with Crippen LogP contribution in [0.25, 0.3) is 0 Å². The van der Waals surface area contributed by atoms with Gasteiger partial charge in [-0.05, 0) is 44.4 Å². The fourth-order valence-corrected chi connectivity index (χ4v) is 2.57. The molecule has 1 N–H and O–H groups in total. The van der Waals surface area contributed by atoms with Crippen LogP contribution in [0.15, 0.2) is 0 Å². The van der Waals surface area contributed by atoms with Gasteiger partial charge >= 0.3 is 5.97 Å². The lowest BCUT2D eigenvalue weighted by atomic mass is 9.64. The molecule has 0 unspecified atom stereocenters. The predicted octanol–water partition coefficient (Wildman–Crippen LogP) is 2.04. The van der Waals surface area contributed by atoms with Gasteiger partial charge in [0, 0.05) is 0 Å². The molecule has 0 aromatic carbocycles. The molecule has 0 amide bonds. The number of carboxylic acid groups (broad SMARTS) is 1. The average Bonchev–Trinajstić information content (AvgIpc) is 2.08. The first kappa shape index (κ1) is 7.14. The summed E-state index contributed by atoms with van der Waals surface area (Å²) in [6.07, 6.45) is 6.29. The maximum atomic E-state index is 10.9. The van der Waals surface area contributed by atoms with E-state index in [2.05, 4.69) is 0 Å². The number of fused-ring (bicyclic) bond motifs is 3. The number of aliphatic carboxylic acids is 1. The summed E-state index contributed by atoms with van der Waals surface area (Å²) in [7, 11) is 0. The topological polar surface area (TPSA) is 37.3 Å². The summed E-state index contributed by atoms with van der Waals surface area (Å²) < 4.78 is 0. The quantitative estimate of drug-likeness (QED) is 0.588. The zero-order valence-electron chi connectivity index (χ0n) is 6.68. The highest BCUT2D eigenvalue weighted by atomic mass is 16.5. The third-order valence-electron chi connectivity index (χ3n) is 3.55. The van der Waals surface area contributed by atoms with E-state index >= 15 is 0 Å². The van der Waals surface area contributed by atoms with Gasteiger partial charge < -0.3 is 5.11 Å². The Bertz CT molecular complexity index is 164. The molecule has 0 aromatic rings. The molecule has 0 spiro atoms. The van der Waals surface area contributed by atoms with Crippen molar-refractivity contribution in [3.8, 4) is 0 Å². The van der Waals surface area contributed by atoms with E-state index in [0.29, 0.717) is 0 Å². The first-order valence-corrected chi connectivity index (χ1v) is 4.46. The highest BCUT2D eigenvalue weighted by Crippen LogP contribution is 2.50. The second-order valence-electron chi connectivity index (χ2n) is 4.07. The minimum absolute atomic E-state index is 0.297. The van der Waals surface area contributed by atoms with Crippen molar-refractivity contribution >= 4 is 5.97 Å². The maximum Gasteiger partial charge on any atom is 0.309 e. The Balaban J connectivity index is 2.18. The summed E-state index contributed by atoms with van der Waals surface area (Å²) in [4.78, 5) is 10.9. The van der Waals surface area contributed by atoms with Crippen molar-refractivity contribution in [1.82, 2.24) is 0 Å².